The van der Waals surface area contributed by atoms with Crippen molar-refractivity contribution < 1.29 is 19.1 Å². The van der Waals surface area contributed by atoms with Gasteiger partial charge in [-0.3, -0.25) is 4.79 Å². The second kappa shape index (κ2) is 5.32. The van der Waals surface area contributed by atoms with Crippen LogP contribution in [0.5, 0.6) is 0 Å². The second-order valence-electron chi connectivity index (χ2n) is 3.30. The highest BCUT2D eigenvalue weighted by Gasteiger charge is 2.12. The molecule has 0 fully saturated rings. The maximum Gasteiger partial charge on any atom is 0.371 e. The predicted molar refractivity (Wildman–Crippen MR) is 55.8 cm³/mol. The third kappa shape index (κ3) is 3.09. The molecule has 1 amide bonds. The Labute approximate surface area is 92.4 Å². The van der Waals surface area contributed by atoms with E-state index in [0.29, 0.717) is 12.2 Å². The van der Waals surface area contributed by atoms with Crippen LogP contribution < -0.4 is 11.1 Å². The average molecular weight is 226 g/mol. The van der Waals surface area contributed by atoms with E-state index in [0.717, 1.165) is 0 Å². The quantitative estimate of drug-likeness (QED) is 0.671. The van der Waals surface area contributed by atoms with Gasteiger partial charge in [-0.25, -0.2) is 4.79 Å². The lowest BCUT2D eigenvalue weighted by atomic mass is 10.2. The summed E-state index contributed by atoms with van der Waals surface area (Å²) < 4.78 is 4.95. The molecule has 1 aromatic rings. The van der Waals surface area contributed by atoms with Crippen LogP contribution in [0.25, 0.3) is 0 Å². The highest BCUT2D eigenvalue weighted by atomic mass is 16.4. The number of hydrogen-bond acceptors (Lipinski definition) is 4. The minimum absolute atomic E-state index is 0.139. The van der Waals surface area contributed by atoms with Gasteiger partial charge in [-0.1, -0.05) is 6.92 Å². The summed E-state index contributed by atoms with van der Waals surface area (Å²) >= 11 is 0. The van der Waals surface area contributed by atoms with Gasteiger partial charge in [0.2, 0.25) is 11.7 Å². The van der Waals surface area contributed by atoms with Crippen LogP contribution in [-0.4, -0.2) is 23.0 Å². The smallest absolute Gasteiger partial charge is 0.371 e. The highest BCUT2D eigenvalue weighted by Crippen LogP contribution is 2.07. The van der Waals surface area contributed by atoms with Gasteiger partial charge in [-0.15, -0.1) is 0 Å². The number of amides is 1. The van der Waals surface area contributed by atoms with Crippen LogP contribution in [0.3, 0.4) is 0 Å². The van der Waals surface area contributed by atoms with E-state index in [1.165, 1.54) is 12.1 Å². The van der Waals surface area contributed by atoms with Gasteiger partial charge in [0.1, 0.15) is 5.76 Å². The molecule has 0 spiro atoms. The van der Waals surface area contributed by atoms with E-state index in [1.807, 2.05) is 0 Å². The van der Waals surface area contributed by atoms with Crippen molar-refractivity contribution in [2.45, 2.75) is 25.9 Å². The monoisotopic (exact) mass is 226 g/mol. The van der Waals surface area contributed by atoms with Crippen LogP contribution >= 0.6 is 0 Å². The standard InChI is InChI=1S/C10H14N2O4/c1-2-7(11)9(13)12-5-6-3-4-8(16-6)10(14)15/h3-4,7H,2,5,11H2,1H3,(H,12,13)(H,14,15)/t7-/m1/s1. The maximum atomic E-state index is 11.3. The van der Waals surface area contributed by atoms with Gasteiger partial charge >= 0.3 is 5.97 Å². The van der Waals surface area contributed by atoms with Crippen molar-refractivity contribution >= 4 is 11.9 Å². The number of carboxylic acid groups (broad SMARTS) is 1. The molecule has 1 aromatic heterocycles. The number of rotatable bonds is 5. The molecule has 16 heavy (non-hydrogen) atoms. The van der Waals surface area contributed by atoms with E-state index in [-0.39, 0.29) is 18.2 Å². The number of carboxylic acids is 1. The zero-order valence-electron chi connectivity index (χ0n) is 8.90. The number of aromatic carboxylic acids is 1. The van der Waals surface area contributed by atoms with Gasteiger partial charge in [0.25, 0.3) is 0 Å². The third-order valence-electron chi connectivity index (χ3n) is 2.09. The van der Waals surface area contributed by atoms with E-state index in [4.69, 9.17) is 15.3 Å². The van der Waals surface area contributed by atoms with Crippen molar-refractivity contribution in [3.8, 4) is 0 Å². The van der Waals surface area contributed by atoms with Crippen molar-refractivity contribution in [3.05, 3.63) is 23.7 Å². The number of nitrogens with one attached hydrogen (secondary N) is 1. The maximum absolute atomic E-state index is 11.3. The van der Waals surface area contributed by atoms with Gasteiger partial charge in [0.05, 0.1) is 12.6 Å². The average Bonchev–Trinajstić information content (AvgIpc) is 2.73. The van der Waals surface area contributed by atoms with Crippen molar-refractivity contribution in [1.29, 1.82) is 0 Å². The predicted octanol–water partition coefficient (Wildman–Crippen LogP) is 0.331. The molecule has 6 heteroatoms. The normalized spacial score (nSPS) is 12.1. The molecule has 0 aliphatic rings. The Bertz CT molecular complexity index is 386. The van der Waals surface area contributed by atoms with Crippen LogP contribution in [0.15, 0.2) is 16.5 Å². The number of furan rings is 1. The molecule has 1 heterocycles. The molecule has 6 nitrogen and oxygen atoms in total. The first-order valence-corrected chi connectivity index (χ1v) is 4.90. The molecule has 0 unspecified atom stereocenters. The van der Waals surface area contributed by atoms with Crippen LogP contribution in [0.4, 0.5) is 0 Å². The molecule has 0 saturated carbocycles. The zero-order valence-corrected chi connectivity index (χ0v) is 8.90. The van der Waals surface area contributed by atoms with E-state index >= 15 is 0 Å². The molecule has 88 valence electrons. The fraction of sp³-hybridized carbons (Fsp3) is 0.400. The second-order valence-corrected chi connectivity index (χ2v) is 3.30. The molecule has 4 N–H and O–H groups in total. The molecule has 0 saturated heterocycles. The summed E-state index contributed by atoms with van der Waals surface area (Å²) in [6.45, 7) is 1.94. The Morgan fingerprint density at radius 1 is 1.56 bits per heavy atom. The fourth-order valence-corrected chi connectivity index (χ4v) is 1.08. The van der Waals surface area contributed by atoms with Gasteiger partial charge in [-0.05, 0) is 18.6 Å². The lowest BCUT2D eigenvalue weighted by Crippen LogP contribution is -2.39. The Kier molecular flexibility index (Phi) is 4.07. The molecule has 0 aliphatic heterocycles. The topological polar surface area (TPSA) is 106 Å². The first-order chi connectivity index (χ1) is 7.54. The molecule has 0 bridgehead atoms. The minimum atomic E-state index is -1.14. The zero-order chi connectivity index (χ0) is 12.1. The number of carbonyl (C=O) groups excluding carboxylic acids is 1. The SMILES string of the molecule is CC[C@@H](N)C(=O)NCc1ccc(C(=O)O)o1. The molecular weight excluding hydrogens is 212 g/mol. The van der Waals surface area contributed by atoms with Gasteiger partial charge in [0, 0.05) is 0 Å². The van der Waals surface area contributed by atoms with Gasteiger partial charge < -0.3 is 20.6 Å². The summed E-state index contributed by atoms with van der Waals surface area (Å²) in [6.07, 6.45) is 0.546. The van der Waals surface area contributed by atoms with Crippen molar-refractivity contribution in [2.24, 2.45) is 5.73 Å². The largest absolute Gasteiger partial charge is 0.475 e. The molecule has 1 atom stereocenters. The first kappa shape index (κ1) is 12.3. The highest BCUT2D eigenvalue weighted by molar-refractivity contribution is 5.84. The van der Waals surface area contributed by atoms with Crippen LogP contribution in [0, 0.1) is 0 Å². The van der Waals surface area contributed by atoms with Crippen LogP contribution in [-0.2, 0) is 11.3 Å². The summed E-state index contributed by atoms with van der Waals surface area (Å²) in [6, 6.07) is 2.29. The van der Waals surface area contributed by atoms with Crippen molar-refractivity contribution in [2.75, 3.05) is 0 Å². The number of hydrogen-bond donors (Lipinski definition) is 3. The van der Waals surface area contributed by atoms with E-state index in [1.54, 1.807) is 6.92 Å². The van der Waals surface area contributed by atoms with Gasteiger partial charge in [0.15, 0.2) is 0 Å². The van der Waals surface area contributed by atoms with E-state index in [2.05, 4.69) is 5.32 Å². The lowest BCUT2D eigenvalue weighted by Gasteiger charge is -2.08. The molecule has 0 aromatic carbocycles. The van der Waals surface area contributed by atoms with Crippen molar-refractivity contribution in [1.82, 2.24) is 5.32 Å². The Hall–Kier alpha value is -1.82. The van der Waals surface area contributed by atoms with Crippen molar-refractivity contribution in [3.63, 3.8) is 0 Å². The van der Waals surface area contributed by atoms with Crippen LogP contribution in [0.1, 0.15) is 29.7 Å². The first-order valence-electron chi connectivity index (χ1n) is 4.90. The summed E-state index contributed by atoms with van der Waals surface area (Å²) in [5.74, 6) is -1.18. The van der Waals surface area contributed by atoms with E-state index < -0.39 is 12.0 Å². The number of nitrogens with two attached hydrogens (primary N) is 1. The molecular formula is C10H14N2O4. The summed E-state index contributed by atoms with van der Waals surface area (Å²) in [7, 11) is 0. The lowest BCUT2D eigenvalue weighted by molar-refractivity contribution is -0.122. The summed E-state index contributed by atoms with van der Waals surface area (Å²) in [4.78, 5) is 21.8. The molecule has 1 rings (SSSR count). The Balaban J connectivity index is 2.48. The number of carbonyl (C=O) groups is 2. The Morgan fingerprint density at radius 3 is 2.75 bits per heavy atom. The summed E-state index contributed by atoms with van der Waals surface area (Å²) in [5.41, 5.74) is 5.50. The molecule has 0 radical (unpaired) electrons. The third-order valence-corrected chi connectivity index (χ3v) is 2.09. The Morgan fingerprint density at radius 2 is 2.25 bits per heavy atom. The van der Waals surface area contributed by atoms with Crippen LogP contribution in [0.2, 0.25) is 0 Å². The summed E-state index contributed by atoms with van der Waals surface area (Å²) in [5, 5.41) is 11.2. The van der Waals surface area contributed by atoms with E-state index in [9.17, 15) is 9.59 Å². The molecule has 0 aliphatic carbocycles. The van der Waals surface area contributed by atoms with Gasteiger partial charge in [-0.2, -0.15) is 0 Å². The fourth-order valence-electron chi connectivity index (χ4n) is 1.08. The minimum Gasteiger partial charge on any atom is -0.475 e.